The summed E-state index contributed by atoms with van der Waals surface area (Å²) < 4.78 is 17.1. The lowest BCUT2D eigenvalue weighted by atomic mass is 10.1. The number of benzene rings is 2. The maximum atomic E-state index is 11.7. The molecule has 0 atom stereocenters. The zero-order valence-electron chi connectivity index (χ0n) is 18.3. The maximum absolute atomic E-state index is 11.7. The van der Waals surface area contributed by atoms with Crippen LogP contribution >= 0.6 is 0 Å². The molecule has 162 valence electrons. The highest BCUT2D eigenvalue weighted by atomic mass is 16.5. The molecule has 0 bridgehead atoms. The highest BCUT2D eigenvalue weighted by molar-refractivity contribution is 5.89. The number of hydrogen-bond acceptors (Lipinski definition) is 5. The standard InChI is InChI=1S/C25H27NO5/c1-5-12-30-24-11-8-18(29-4)14-21(24)22-10-9-20(25(27)28)23(26-22)15-31-19-7-6-16(2)17(3)13-19/h6-11,13-14H,5,12,15H2,1-4H3,(H,27,28). The van der Waals surface area contributed by atoms with Gasteiger partial charge in [0.25, 0.3) is 0 Å². The lowest BCUT2D eigenvalue weighted by Gasteiger charge is -2.14. The molecule has 0 saturated carbocycles. The van der Waals surface area contributed by atoms with Gasteiger partial charge in [0.2, 0.25) is 0 Å². The predicted molar refractivity (Wildman–Crippen MR) is 119 cm³/mol. The van der Waals surface area contributed by atoms with Gasteiger partial charge in [-0.25, -0.2) is 9.78 Å². The normalized spacial score (nSPS) is 10.6. The van der Waals surface area contributed by atoms with E-state index in [2.05, 4.69) is 4.98 Å². The van der Waals surface area contributed by atoms with Crippen molar-refractivity contribution >= 4 is 5.97 Å². The van der Waals surface area contributed by atoms with Crippen LogP contribution in [0.3, 0.4) is 0 Å². The zero-order chi connectivity index (χ0) is 22.4. The second-order valence-corrected chi connectivity index (χ2v) is 7.24. The number of carboxylic acids is 1. The van der Waals surface area contributed by atoms with Crippen LogP contribution in [-0.4, -0.2) is 29.8 Å². The minimum absolute atomic E-state index is 0.0348. The van der Waals surface area contributed by atoms with Gasteiger partial charge in [-0.3, -0.25) is 0 Å². The molecule has 0 unspecified atom stereocenters. The van der Waals surface area contributed by atoms with Crippen LogP contribution < -0.4 is 14.2 Å². The van der Waals surface area contributed by atoms with Crippen molar-refractivity contribution in [2.75, 3.05) is 13.7 Å². The number of carboxylic acid groups (broad SMARTS) is 1. The van der Waals surface area contributed by atoms with Crippen LogP contribution in [0.5, 0.6) is 17.2 Å². The van der Waals surface area contributed by atoms with Crippen molar-refractivity contribution in [2.24, 2.45) is 0 Å². The van der Waals surface area contributed by atoms with Gasteiger partial charge < -0.3 is 19.3 Å². The van der Waals surface area contributed by atoms with Gasteiger partial charge in [0.1, 0.15) is 23.9 Å². The summed E-state index contributed by atoms with van der Waals surface area (Å²) in [5.74, 6) is 0.945. The first-order chi connectivity index (χ1) is 14.9. The lowest BCUT2D eigenvalue weighted by Crippen LogP contribution is -2.09. The quantitative estimate of drug-likeness (QED) is 0.496. The summed E-state index contributed by atoms with van der Waals surface area (Å²) in [6.07, 6.45) is 0.867. The molecule has 0 aliphatic carbocycles. The molecule has 3 rings (SSSR count). The number of pyridine rings is 1. The smallest absolute Gasteiger partial charge is 0.337 e. The average Bonchev–Trinajstić information content (AvgIpc) is 2.78. The van der Waals surface area contributed by atoms with Crippen molar-refractivity contribution in [3.63, 3.8) is 0 Å². The molecule has 3 aromatic rings. The molecule has 1 heterocycles. The van der Waals surface area contributed by atoms with E-state index >= 15 is 0 Å². The fourth-order valence-electron chi connectivity index (χ4n) is 3.09. The number of nitrogens with zero attached hydrogens (tertiary/aromatic N) is 1. The zero-order valence-corrected chi connectivity index (χ0v) is 18.3. The topological polar surface area (TPSA) is 77.9 Å². The third-order valence-corrected chi connectivity index (χ3v) is 4.98. The Hall–Kier alpha value is -3.54. The molecule has 0 amide bonds. The Morgan fingerprint density at radius 2 is 1.74 bits per heavy atom. The number of ether oxygens (including phenoxy) is 3. The van der Waals surface area contributed by atoms with E-state index < -0.39 is 5.97 Å². The van der Waals surface area contributed by atoms with Crippen molar-refractivity contribution in [1.29, 1.82) is 0 Å². The van der Waals surface area contributed by atoms with Crippen LogP contribution in [0, 0.1) is 13.8 Å². The van der Waals surface area contributed by atoms with Crippen LogP contribution in [0.25, 0.3) is 11.3 Å². The maximum Gasteiger partial charge on any atom is 0.337 e. The Morgan fingerprint density at radius 3 is 2.42 bits per heavy atom. The van der Waals surface area contributed by atoms with Crippen molar-refractivity contribution < 1.29 is 24.1 Å². The highest BCUT2D eigenvalue weighted by Gasteiger charge is 2.17. The minimum Gasteiger partial charge on any atom is -0.497 e. The summed E-state index contributed by atoms with van der Waals surface area (Å²) in [6, 6.07) is 14.5. The van der Waals surface area contributed by atoms with Crippen molar-refractivity contribution in [3.05, 3.63) is 70.9 Å². The largest absolute Gasteiger partial charge is 0.497 e. The molecular weight excluding hydrogens is 394 g/mol. The Labute approximate surface area is 182 Å². The van der Waals surface area contributed by atoms with Crippen LogP contribution in [0.15, 0.2) is 48.5 Å². The third-order valence-electron chi connectivity index (χ3n) is 4.98. The third kappa shape index (κ3) is 5.34. The van der Waals surface area contributed by atoms with E-state index in [1.54, 1.807) is 19.2 Å². The van der Waals surface area contributed by atoms with E-state index in [1.165, 1.54) is 0 Å². The monoisotopic (exact) mass is 421 g/mol. The van der Waals surface area contributed by atoms with Crippen LogP contribution in [0.2, 0.25) is 0 Å². The van der Waals surface area contributed by atoms with Gasteiger partial charge in [-0.1, -0.05) is 13.0 Å². The number of hydrogen-bond donors (Lipinski definition) is 1. The Balaban J connectivity index is 1.97. The van der Waals surface area contributed by atoms with Gasteiger partial charge in [0, 0.05) is 5.56 Å². The number of methoxy groups -OCH3 is 1. The fourth-order valence-corrected chi connectivity index (χ4v) is 3.09. The molecule has 2 aromatic carbocycles. The summed E-state index contributed by atoms with van der Waals surface area (Å²) in [6.45, 7) is 6.66. The Bertz CT molecular complexity index is 1080. The first-order valence-electron chi connectivity index (χ1n) is 10.2. The first kappa shape index (κ1) is 22.2. The SMILES string of the molecule is CCCOc1ccc(OC)cc1-c1ccc(C(=O)O)c(COc2ccc(C)c(C)c2)n1. The molecule has 6 heteroatoms. The van der Waals surface area contributed by atoms with Crippen molar-refractivity contribution in [1.82, 2.24) is 4.98 Å². The lowest BCUT2D eigenvalue weighted by molar-refractivity contribution is 0.0693. The van der Waals surface area contributed by atoms with E-state index in [4.69, 9.17) is 14.2 Å². The van der Waals surface area contributed by atoms with E-state index in [-0.39, 0.29) is 12.2 Å². The number of rotatable bonds is 9. The van der Waals surface area contributed by atoms with Crippen LogP contribution in [-0.2, 0) is 6.61 Å². The van der Waals surface area contributed by atoms with E-state index in [1.807, 2.05) is 57.2 Å². The van der Waals surface area contributed by atoms with Crippen molar-refractivity contribution in [2.45, 2.75) is 33.8 Å². The molecule has 0 fully saturated rings. The number of aryl methyl sites for hydroxylation is 2. The minimum atomic E-state index is -1.05. The predicted octanol–water partition coefficient (Wildman–Crippen LogP) is 5.44. The molecule has 0 radical (unpaired) electrons. The van der Waals surface area contributed by atoms with Gasteiger partial charge in [0.05, 0.1) is 30.7 Å². The number of aromatic carboxylic acids is 1. The summed E-state index contributed by atoms with van der Waals surface area (Å²) >= 11 is 0. The molecule has 1 aromatic heterocycles. The fraction of sp³-hybridized carbons (Fsp3) is 0.280. The van der Waals surface area contributed by atoms with Gasteiger partial charge in [0.15, 0.2) is 0 Å². The molecule has 1 N–H and O–H groups in total. The highest BCUT2D eigenvalue weighted by Crippen LogP contribution is 2.33. The van der Waals surface area contributed by atoms with E-state index in [0.29, 0.717) is 35.2 Å². The van der Waals surface area contributed by atoms with Gasteiger partial charge in [-0.05, 0) is 73.9 Å². The molecule has 6 nitrogen and oxygen atoms in total. The van der Waals surface area contributed by atoms with E-state index in [0.717, 1.165) is 23.1 Å². The Kier molecular flexibility index (Phi) is 7.13. The number of aromatic nitrogens is 1. The second-order valence-electron chi connectivity index (χ2n) is 7.24. The average molecular weight is 421 g/mol. The molecular formula is C25H27NO5. The summed E-state index contributed by atoms with van der Waals surface area (Å²) in [7, 11) is 1.59. The van der Waals surface area contributed by atoms with Gasteiger partial charge in [-0.15, -0.1) is 0 Å². The number of carbonyl (C=O) groups is 1. The first-order valence-corrected chi connectivity index (χ1v) is 10.2. The van der Waals surface area contributed by atoms with Gasteiger partial charge >= 0.3 is 5.97 Å². The van der Waals surface area contributed by atoms with Crippen molar-refractivity contribution in [3.8, 4) is 28.5 Å². The van der Waals surface area contributed by atoms with Crippen LogP contribution in [0.1, 0.15) is 40.5 Å². The summed E-state index contributed by atoms with van der Waals surface area (Å²) in [4.78, 5) is 16.4. The second kappa shape index (κ2) is 9.98. The van der Waals surface area contributed by atoms with Gasteiger partial charge in [-0.2, -0.15) is 0 Å². The molecule has 31 heavy (non-hydrogen) atoms. The molecule has 0 saturated heterocycles. The molecule has 0 aliphatic rings. The molecule has 0 aliphatic heterocycles. The summed E-state index contributed by atoms with van der Waals surface area (Å²) in [5.41, 5.74) is 4.04. The summed E-state index contributed by atoms with van der Waals surface area (Å²) in [5, 5.41) is 9.62. The molecule has 0 spiro atoms. The van der Waals surface area contributed by atoms with E-state index in [9.17, 15) is 9.90 Å². The van der Waals surface area contributed by atoms with Crippen LogP contribution in [0.4, 0.5) is 0 Å². The Morgan fingerprint density at radius 1 is 0.968 bits per heavy atom.